The fraction of sp³-hybridized carbons (Fsp3) is 0.294. The molecule has 0 saturated carbocycles. The van der Waals surface area contributed by atoms with Crippen molar-refractivity contribution >= 4 is 44.5 Å². The molecule has 1 saturated heterocycles. The zero-order valence-corrected chi connectivity index (χ0v) is 15.0. The maximum atomic E-state index is 11.8. The first kappa shape index (κ1) is 16.5. The molecule has 25 heavy (non-hydrogen) atoms. The van der Waals surface area contributed by atoms with Gasteiger partial charge in [-0.1, -0.05) is 0 Å². The molecule has 3 aromatic heterocycles. The number of primary amides is 1. The first-order valence-corrected chi connectivity index (χ1v) is 9.79. The van der Waals surface area contributed by atoms with Crippen LogP contribution in [0.4, 0.5) is 5.82 Å². The summed E-state index contributed by atoms with van der Waals surface area (Å²) >= 11 is 3.16. The Balaban J connectivity index is 1.79. The fourth-order valence-electron chi connectivity index (χ4n) is 3.03. The molecule has 1 amide bonds. The van der Waals surface area contributed by atoms with Gasteiger partial charge in [-0.05, 0) is 35.9 Å². The van der Waals surface area contributed by atoms with Gasteiger partial charge in [0.05, 0.1) is 22.4 Å². The van der Waals surface area contributed by atoms with Gasteiger partial charge in [0.1, 0.15) is 5.82 Å². The number of piperidine rings is 1. The second-order valence-corrected chi connectivity index (χ2v) is 7.89. The summed E-state index contributed by atoms with van der Waals surface area (Å²) in [7, 11) is 0. The number of hydrogen-bond acceptors (Lipinski definition) is 7. The van der Waals surface area contributed by atoms with Crippen molar-refractivity contribution in [2.45, 2.75) is 18.6 Å². The van der Waals surface area contributed by atoms with E-state index in [1.54, 1.807) is 11.3 Å². The number of nitrogens with two attached hydrogens (primary N) is 1. The number of anilines is 1. The summed E-state index contributed by atoms with van der Waals surface area (Å²) in [6.45, 7) is 1.48. The van der Waals surface area contributed by atoms with Crippen molar-refractivity contribution in [2.75, 3.05) is 18.4 Å². The maximum Gasteiger partial charge on any atom is 0.251 e. The van der Waals surface area contributed by atoms with Crippen LogP contribution in [-0.2, 0) is 0 Å². The van der Waals surface area contributed by atoms with E-state index in [4.69, 9.17) is 5.73 Å². The van der Waals surface area contributed by atoms with Crippen molar-refractivity contribution < 1.29 is 9.90 Å². The van der Waals surface area contributed by atoms with E-state index < -0.39 is 12.0 Å². The molecule has 1 aliphatic heterocycles. The molecular weight excluding hydrogens is 356 g/mol. The number of fused-ring (bicyclic) bond motifs is 1. The van der Waals surface area contributed by atoms with E-state index in [0.717, 1.165) is 27.1 Å². The molecule has 0 bridgehead atoms. The SMILES string of the molecule is NC(=O)c1cnc(NC2CNCCC2O)c2cc(-c3ccsc3)sc12. The zero-order chi connectivity index (χ0) is 17.4. The normalized spacial score (nSPS) is 20.7. The Morgan fingerprint density at radius 3 is 3.08 bits per heavy atom. The van der Waals surface area contributed by atoms with E-state index in [-0.39, 0.29) is 6.04 Å². The van der Waals surface area contributed by atoms with E-state index in [1.807, 2.05) is 11.4 Å². The second kappa shape index (κ2) is 6.72. The summed E-state index contributed by atoms with van der Waals surface area (Å²) in [6, 6.07) is 3.97. The number of aliphatic hydroxyl groups excluding tert-OH is 1. The van der Waals surface area contributed by atoms with E-state index in [9.17, 15) is 9.90 Å². The van der Waals surface area contributed by atoms with E-state index in [2.05, 4.69) is 27.1 Å². The number of aromatic nitrogens is 1. The third-order valence-electron chi connectivity index (χ3n) is 4.39. The van der Waals surface area contributed by atoms with Crippen LogP contribution in [0.1, 0.15) is 16.8 Å². The number of nitrogens with zero attached hydrogens (tertiary/aromatic N) is 1. The molecular formula is C17H18N4O2S2. The number of aliphatic hydroxyl groups is 1. The highest BCUT2D eigenvalue weighted by Gasteiger charge is 2.24. The maximum absolute atomic E-state index is 11.8. The van der Waals surface area contributed by atoms with Crippen LogP contribution < -0.4 is 16.4 Å². The van der Waals surface area contributed by atoms with Gasteiger partial charge >= 0.3 is 0 Å². The molecule has 1 fully saturated rings. The molecule has 2 atom stereocenters. The van der Waals surface area contributed by atoms with E-state index in [1.165, 1.54) is 17.5 Å². The Morgan fingerprint density at radius 2 is 2.36 bits per heavy atom. The molecule has 2 unspecified atom stereocenters. The Hall–Kier alpha value is -2.00. The van der Waals surface area contributed by atoms with Crippen LogP contribution in [0.25, 0.3) is 20.5 Å². The quantitative estimate of drug-likeness (QED) is 0.561. The summed E-state index contributed by atoms with van der Waals surface area (Å²) in [5.74, 6) is 0.188. The van der Waals surface area contributed by atoms with Gasteiger partial charge in [-0.15, -0.1) is 11.3 Å². The number of nitrogens with one attached hydrogen (secondary N) is 2. The number of thiophene rings is 2. The number of carbonyl (C=O) groups excluding carboxylic acids is 1. The van der Waals surface area contributed by atoms with Crippen molar-refractivity contribution in [1.29, 1.82) is 0 Å². The lowest BCUT2D eigenvalue weighted by Crippen LogP contribution is -2.48. The van der Waals surface area contributed by atoms with Gasteiger partial charge in [-0.25, -0.2) is 4.98 Å². The predicted molar refractivity (Wildman–Crippen MR) is 102 cm³/mol. The summed E-state index contributed by atoms with van der Waals surface area (Å²) in [5.41, 5.74) is 7.07. The molecule has 6 nitrogen and oxygen atoms in total. The lowest BCUT2D eigenvalue weighted by Gasteiger charge is -2.29. The molecule has 5 N–H and O–H groups in total. The first-order chi connectivity index (χ1) is 12.1. The first-order valence-electron chi connectivity index (χ1n) is 8.03. The van der Waals surface area contributed by atoms with Gasteiger partial charge in [0.2, 0.25) is 0 Å². The minimum Gasteiger partial charge on any atom is -0.391 e. The largest absolute Gasteiger partial charge is 0.391 e. The lowest BCUT2D eigenvalue weighted by molar-refractivity contribution is 0.100. The van der Waals surface area contributed by atoms with Crippen LogP contribution in [0.5, 0.6) is 0 Å². The Kier molecular flexibility index (Phi) is 4.43. The standard InChI is InChI=1S/C17H18N4O2S2/c18-16(23)11-6-20-17(21-12-7-19-3-1-13(12)22)10-5-14(25-15(10)11)9-2-4-24-8-9/h2,4-6,8,12-13,19,22H,1,3,7H2,(H2,18,23)(H,20,21). The molecule has 0 spiro atoms. The van der Waals surface area contributed by atoms with Crippen molar-refractivity contribution in [3.05, 3.63) is 34.7 Å². The van der Waals surface area contributed by atoms with Gasteiger partial charge in [-0.2, -0.15) is 11.3 Å². The van der Waals surface area contributed by atoms with Gasteiger partial charge < -0.3 is 21.5 Å². The van der Waals surface area contributed by atoms with Crippen LogP contribution in [-0.4, -0.2) is 41.2 Å². The second-order valence-electron chi connectivity index (χ2n) is 6.06. The Labute approximate surface area is 152 Å². The van der Waals surface area contributed by atoms with Crippen LogP contribution in [0, 0.1) is 0 Å². The molecule has 4 rings (SSSR count). The number of rotatable bonds is 4. The molecule has 3 aromatic rings. The van der Waals surface area contributed by atoms with E-state index >= 15 is 0 Å². The molecule has 8 heteroatoms. The molecule has 0 aromatic carbocycles. The minimum absolute atomic E-state index is 0.117. The van der Waals surface area contributed by atoms with Crippen LogP contribution in [0.2, 0.25) is 0 Å². The third kappa shape index (κ3) is 3.13. The third-order valence-corrected chi connectivity index (χ3v) is 6.29. The van der Waals surface area contributed by atoms with Crippen LogP contribution >= 0.6 is 22.7 Å². The molecule has 130 valence electrons. The average molecular weight is 374 g/mol. The predicted octanol–water partition coefficient (Wildman–Crippen LogP) is 2.26. The smallest absolute Gasteiger partial charge is 0.251 e. The molecule has 0 aliphatic carbocycles. The highest BCUT2D eigenvalue weighted by atomic mass is 32.1. The highest BCUT2D eigenvalue weighted by molar-refractivity contribution is 7.23. The van der Waals surface area contributed by atoms with Crippen molar-refractivity contribution in [3.63, 3.8) is 0 Å². The summed E-state index contributed by atoms with van der Waals surface area (Å²) < 4.78 is 0.824. The van der Waals surface area contributed by atoms with Gasteiger partial charge in [0, 0.05) is 28.6 Å². The minimum atomic E-state index is -0.484. The highest BCUT2D eigenvalue weighted by Crippen LogP contribution is 2.39. The van der Waals surface area contributed by atoms with Crippen molar-refractivity contribution in [1.82, 2.24) is 10.3 Å². The van der Waals surface area contributed by atoms with Gasteiger partial charge in [0.15, 0.2) is 0 Å². The number of pyridine rings is 1. The number of carbonyl (C=O) groups is 1. The Morgan fingerprint density at radius 1 is 1.48 bits per heavy atom. The molecule has 1 aliphatic rings. The lowest BCUT2D eigenvalue weighted by atomic mass is 10.0. The topological polar surface area (TPSA) is 100 Å². The monoisotopic (exact) mass is 374 g/mol. The van der Waals surface area contributed by atoms with Gasteiger partial charge in [0.25, 0.3) is 5.91 Å². The Bertz CT molecular complexity index is 907. The van der Waals surface area contributed by atoms with Crippen molar-refractivity contribution in [2.24, 2.45) is 5.73 Å². The van der Waals surface area contributed by atoms with E-state index in [0.29, 0.717) is 24.3 Å². The molecule has 0 radical (unpaired) electrons. The molecule has 4 heterocycles. The average Bonchev–Trinajstić information content (AvgIpc) is 3.26. The van der Waals surface area contributed by atoms with Gasteiger partial charge in [-0.3, -0.25) is 4.79 Å². The number of hydrogen-bond donors (Lipinski definition) is 4. The zero-order valence-electron chi connectivity index (χ0n) is 13.4. The van der Waals surface area contributed by atoms with Crippen LogP contribution in [0.3, 0.4) is 0 Å². The summed E-state index contributed by atoms with van der Waals surface area (Å²) in [5, 5.41) is 21.8. The van der Waals surface area contributed by atoms with Crippen LogP contribution in [0.15, 0.2) is 29.1 Å². The van der Waals surface area contributed by atoms with Crippen molar-refractivity contribution in [3.8, 4) is 10.4 Å². The summed E-state index contributed by atoms with van der Waals surface area (Å²) in [4.78, 5) is 17.3. The summed E-state index contributed by atoms with van der Waals surface area (Å²) in [6.07, 6.45) is 1.79. The fourth-order valence-corrected chi connectivity index (χ4v) is 4.93. The number of amides is 1.